The second kappa shape index (κ2) is 5.90. The maximum absolute atomic E-state index is 4.60. The van der Waals surface area contributed by atoms with Gasteiger partial charge in [0, 0.05) is 25.8 Å². The molecule has 1 N–H and O–H groups in total. The Morgan fingerprint density at radius 2 is 2.05 bits per heavy atom. The highest BCUT2D eigenvalue weighted by Crippen LogP contribution is 2.22. The molecule has 4 heteroatoms. The molecular formula is C16H20N4. The summed E-state index contributed by atoms with van der Waals surface area (Å²) in [5.74, 6) is 1.72. The van der Waals surface area contributed by atoms with Crippen LogP contribution in [0.2, 0.25) is 0 Å². The number of aromatic nitrogens is 2. The van der Waals surface area contributed by atoms with Crippen LogP contribution in [0.3, 0.4) is 0 Å². The minimum absolute atomic E-state index is 0.711. The first-order valence-corrected chi connectivity index (χ1v) is 7.25. The molecule has 1 aliphatic rings. The molecule has 3 rings (SSSR count). The zero-order valence-corrected chi connectivity index (χ0v) is 11.8. The monoisotopic (exact) mass is 268 g/mol. The highest BCUT2D eigenvalue weighted by atomic mass is 15.2. The standard InChI is InChI=1S/C16H20N4/c1-2-17-16-18-10-9-15(19-16)20-11-5-8-13-6-3-4-7-14(13)12-20/h3-4,6-7,9-10H,2,5,8,11-12H2,1H3,(H,17,18,19). The first kappa shape index (κ1) is 12.9. The summed E-state index contributed by atoms with van der Waals surface area (Å²) in [4.78, 5) is 11.2. The van der Waals surface area contributed by atoms with Crippen molar-refractivity contribution in [1.29, 1.82) is 0 Å². The highest BCUT2D eigenvalue weighted by molar-refractivity contribution is 5.45. The quantitative estimate of drug-likeness (QED) is 0.929. The number of rotatable bonds is 3. The van der Waals surface area contributed by atoms with Crippen LogP contribution in [0, 0.1) is 0 Å². The van der Waals surface area contributed by atoms with E-state index in [2.05, 4.69) is 51.4 Å². The van der Waals surface area contributed by atoms with Crippen molar-refractivity contribution < 1.29 is 0 Å². The Kier molecular flexibility index (Phi) is 3.81. The molecule has 20 heavy (non-hydrogen) atoms. The van der Waals surface area contributed by atoms with Crippen LogP contribution in [0.5, 0.6) is 0 Å². The van der Waals surface area contributed by atoms with E-state index in [1.807, 2.05) is 12.3 Å². The van der Waals surface area contributed by atoms with Crippen LogP contribution < -0.4 is 10.2 Å². The zero-order chi connectivity index (χ0) is 13.8. The van der Waals surface area contributed by atoms with Crippen molar-refractivity contribution in [3.8, 4) is 0 Å². The number of nitrogens with one attached hydrogen (secondary N) is 1. The predicted octanol–water partition coefficient (Wildman–Crippen LogP) is 2.86. The number of hydrogen-bond acceptors (Lipinski definition) is 4. The van der Waals surface area contributed by atoms with Gasteiger partial charge in [-0.3, -0.25) is 0 Å². The minimum Gasteiger partial charge on any atom is -0.354 e. The average molecular weight is 268 g/mol. The van der Waals surface area contributed by atoms with E-state index in [9.17, 15) is 0 Å². The SMILES string of the molecule is CCNc1nccc(N2CCCc3ccccc3C2)n1. The van der Waals surface area contributed by atoms with Gasteiger partial charge in [0.25, 0.3) is 0 Å². The van der Waals surface area contributed by atoms with Crippen LogP contribution in [0.4, 0.5) is 11.8 Å². The van der Waals surface area contributed by atoms with Gasteiger partial charge < -0.3 is 10.2 Å². The lowest BCUT2D eigenvalue weighted by molar-refractivity contribution is 0.753. The van der Waals surface area contributed by atoms with Gasteiger partial charge in [-0.25, -0.2) is 4.98 Å². The van der Waals surface area contributed by atoms with Crippen molar-refractivity contribution in [3.63, 3.8) is 0 Å². The predicted molar refractivity (Wildman–Crippen MR) is 82.0 cm³/mol. The van der Waals surface area contributed by atoms with Crippen LogP contribution in [0.15, 0.2) is 36.5 Å². The fourth-order valence-electron chi connectivity index (χ4n) is 2.66. The summed E-state index contributed by atoms with van der Waals surface area (Å²) >= 11 is 0. The average Bonchev–Trinajstić information content (AvgIpc) is 2.70. The number of benzene rings is 1. The molecule has 0 fully saturated rings. The molecule has 0 unspecified atom stereocenters. The lowest BCUT2D eigenvalue weighted by atomic mass is 10.0. The third-order valence-electron chi connectivity index (χ3n) is 3.65. The number of nitrogens with zero attached hydrogens (tertiary/aromatic N) is 3. The molecule has 0 atom stereocenters. The van der Waals surface area contributed by atoms with Gasteiger partial charge in [0.2, 0.25) is 5.95 Å². The Bertz CT molecular complexity index is 582. The van der Waals surface area contributed by atoms with E-state index in [4.69, 9.17) is 0 Å². The molecule has 0 amide bonds. The molecule has 0 bridgehead atoms. The van der Waals surface area contributed by atoms with E-state index in [0.717, 1.165) is 38.3 Å². The molecule has 1 aromatic carbocycles. The van der Waals surface area contributed by atoms with Gasteiger partial charge in [0.1, 0.15) is 5.82 Å². The summed E-state index contributed by atoms with van der Waals surface area (Å²) in [6.07, 6.45) is 4.15. The second-order valence-electron chi connectivity index (χ2n) is 5.06. The second-order valence-corrected chi connectivity index (χ2v) is 5.06. The van der Waals surface area contributed by atoms with Crippen molar-refractivity contribution in [3.05, 3.63) is 47.7 Å². The molecule has 2 aromatic rings. The van der Waals surface area contributed by atoms with Gasteiger partial charge in [-0.05, 0) is 37.0 Å². The first-order valence-electron chi connectivity index (χ1n) is 7.25. The molecule has 1 aromatic heterocycles. The largest absolute Gasteiger partial charge is 0.354 e. The van der Waals surface area contributed by atoms with E-state index in [-0.39, 0.29) is 0 Å². The number of aryl methyl sites for hydroxylation is 1. The van der Waals surface area contributed by atoms with Crippen molar-refractivity contribution >= 4 is 11.8 Å². The van der Waals surface area contributed by atoms with Crippen LogP contribution in [0.1, 0.15) is 24.5 Å². The summed E-state index contributed by atoms with van der Waals surface area (Å²) in [5.41, 5.74) is 2.88. The van der Waals surface area contributed by atoms with E-state index in [1.54, 1.807) is 0 Å². The van der Waals surface area contributed by atoms with Crippen molar-refractivity contribution in [1.82, 2.24) is 9.97 Å². The van der Waals surface area contributed by atoms with E-state index >= 15 is 0 Å². The lowest BCUT2D eigenvalue weighted by Gasteiger charge is -2.22. The Hall–Kier alpha value is -2.10. The van der Waals surface area contributed by atoms with Gasteiger partial charge in [-0.15, -0.1) is 0 Å². The van der Waals surface area contributed by atoms with Gasteiger partial charge >= 0.3 is 0 Å². The van der Waals surface area contributed by atoms with Crippen LogP contribution in [-0.2, 0) is 13.0 Å². The third kappa shape index (κ3) is 2.74. The molecule has 0 saturated heterocycles. The summed E-state index contributed by atoms with van der Waals surface area (Å²) in [6.45, 7) is 4.86. The maximum Gasteiger partial charge on any atom is 0.224 e. The van der Waals surface area contributed by atoms with Crippen molar-refractivity contribution in [2.75, 3.05) is 23.3 Å². The molecule has 0 aliphatic carbocycles. The molecular weight excluding hydrogens is 248 g/mol. The highest BCUT2D eigenvalue weighted by Gasteiger charge is 2.15. The topological polar surface area (TPSA) is 41.1 Å². The number of fused-ring (bicyclic) bond motifs is 1. The first-order chi connectivity index (χ1) is 9.86. The molecule has 0 radical (unpaired) electrons. The van der Waals surface area contributed by atoms with E-state index in [1.165, 1.54) is 11.1 Å². The number of hydrogen-bond donors (Lipinski definition) is 1. The molecule has 0 saturated carbocycles. The summed E-state index contributed by atoms with van der Waals surface area (Å²) < 4.78 is 0. The molecule has 104 valence electrons. The normalized spacial score (nSPS) is 14.6. The van der Waals surface area contributed by atoms with Crippen LogP contribution in [0.25, 0.3) is 0 Å². The van der Waals surface area contributed by atoms with E-state index < -0.39 is 0 Å². The Morgan fingerprint density at radius 3 is 2.90 bits per heavy atom. The summed E-state index contributed by atoms with van der Waals surface area (Å²) in [7, 11) is 0. The summed E-state index contributed by atoms with van der Waals surface area (Å²) in [5, 5.41) is 3.17. The zero-order valence-electron chi connectivity index (χ0n) is 11.8. The Morgan fingerprint density at radius 1 is 1.20 bits per heavy atom. The maximum atomic E-state index is 4.60. The molecule has 2 heterocycles. The van der Waals surface area contributed by atoms with Gasteiger partial charge in [-0.2, -0.15) is 4.98 Å². The fraction of sp³-hybridized carbons (Fsp3) is 0.375. The molecule has 0 spiro atoms. The van der Waals surface area contributed by atoms with Gasteiger partial charge in [0.05, 0.1) is 0 Å². The minimum atomic E-state index is 0.711. The van der Waals surface area contributed by atoms with E-state index in [0.29, 0.717) is 5.95 Å². The van der Waals surface area contributed by atoms with Gasteiger partial charge in [0.15, 0.2) is 0 Å². The van der Waals surface area contributed by atoms with Gasteiger partial charge in [-0.1, -0.05) is 24.3 Å². The summed E-state index contributed by atoms with van der Waals surface area (Å²) in [6, 6.07) is 10.7. The Balaban J connectivity index is 1.85. The Labute approximate surface area is 119 Å². The van der Waals surface area contributed by atoms with Crippen molar-refractivity contribution in [2.45, 2.75) is 26.3 Å². The van der Waals surface area contributed by atoms with Crippen molar-refractivity contribution in [2.24, 2.45) is 0 Å². The number of anilines is 2. The van der Waals surface area contributed by atoms with Crippen LogP contribution in [-0.4, -0.2) is 23.1 Å². The lowest BCUT2D eigenvalue weighted by Crippen LogP contribution is -2.24. The van der Waals surface area contributed by atoms with Crippen LogP contribution >= 0.6 is 0 Å². The fourth-order valence-corrected chi connectivity index (χ4v) is 2.66. The smallest absolute Gasteiger partial charge is 0.224 e. The molecule has 4 nitrogen and oxygen atoms in total. The molecule has 1 aliphatic heterocycles. The third-order valence-corrected chi connectivity index (χ3v) is 3.65.